The third-order valence-corrected chi connectivity index (χ3v) is 4.35. The summed E-state index contributed by atoms with van der Waals surface area (Å²) >= 11 is 3.52. The van der Waals surface area contributed by atoms with Gasteiger partial charge >= 0.3 is 0 Å². The summed E-state index contributed by atoms with van der Waals surface area (Å²) in [5.41, 5.74) is 12.8. The van der Waals surface area contributed by atoms with Crippen LogP contribution < -0.4 is 5.73 Å². The lowest BCUT2D eigenvalue weighted by Crippen LogP contribution is -1.95. The van der Waals surface area contributed by atoms with Crippen molar-refractivity contribution in [2.24, 2.45) is 0 Å². The normalized spacial score (nSPS) is 11.2. The van der Waals surface area contributed by atoms with Gasteiger partial charge in [-0.15, -0.1) is 0 Å². The van der Waals surface area contributed by atoms with Crippen LogP contribution in [0.15, 0.2) is 34.9 Å². The average molecular weight is 330 g/mol. The first kappa shape index (κ1) is 13.2. The van der Waals surface area contributed by atoms with Crippen LogP contribution in [-0.2, 0) is 0 Å². The standard InChI is InChI=1S/C16H16BrN3/c1-9-7-11(3)12(8-10(9)2)14-15(18)20-6-4-5-13(17)16(20)19-14/h4-8H,18H2,1-3H3. The predicted molar refractivity (Wildman–Crippen MR) is 87.0 cm³/mol. The van der Waals surface area contributed by atoms with Crippen molar-refractivity contribution in [2.45, 2.75) is 20.8 Å². The Balaban J connectivity index is 2.33. The number of fused-ring (bicyclic) bond motifs is 1. The van der Waals surface area contributed by atoms with Crippen molar-refractivity contribution >= 4 is 27.4 Å². The third kappa shape index (κ3) is 1.91. The van der Waals surface area contributed by atoms with Crippen molar-refractivity contribution in [1.29, 1.82) is 0 Å². The Hall–Kier alpha value is -1.81. The molecule has 0 fully saturated rings. The second-order valence-corrected chi connectivity index (χ2v) is 6.00. The van der Waals surface area contributed by atoms with E-state index >= 15 is 0 Å². The van der Waals surface area contributed by atoms with Gasteiger partial charge in [0.1, 0.15) is 11.5 Å². The highest BCUT2D eigenvalue weighted by Crippen LogP contribution is 2.32. The van der Waals surface area contributed by atoms with Crippen LogP contribution in [0.3, 0.4) is 0 Å². The molecule has 0 spiro atoms. The third-order valence-electron chi connectivity index (χ3n) is 3.74. The number of nitrogens with zero attached hydrogens (tertiary/aromatic N) is 2. The zero-order valence-electron chi connectivity index (χ0n) is 11.7. The Morgan fingerprint density at radius 2 is 1.80 bits per heavy atom. The van der Waals surface area contributed by atoms with Crippen LogP contribution in [0.2, 0.25) is 0 Å². The van der Waals surface area contributed by atoms with Gasteiger partial charge in [-0.05, 0) is 71.6 Å². The molecule has 2 aromatic heterocycles. The number of halogens is 1. The van der Waals surface area contributed by atoms with Crippen molar-refractivity contribution < 1.29 is 0 Å². The van der Waals surface area contributed by atoms with Gasteiger partial charge in [-0.25, -0.2) is 4.98 Å². The molecule has 0 unspecified atom stereocenters. The van der Waals surface area contributed by atoms with Gasteiger partial charge in [0.25, 0.3) is 0 Å². The van der Waals surface area contributed by atoms with E-state index in [2.05, 4.69) is 48.8 Å². The summed E-state index contributed by atoms with van der Waals surface area (Å²) in [6.45, 7) is 6.33. The zero-order chi connectivity index (χ0) is 14.4. The summed E-state index contributed by atoms with van der Waals surface area (Å²) in [4.78, 5) is 4.70. The van der Waals surface area contributed by atoms with Gasteiger partial charge in [0, 0.05) is 11.8 Å². The first-order valence-electron chi connectivity index (χ1n) is 6.49. The fourth-order valence-electron chi connectivity index (χ4n) is 2.47. The van der Waals surface area contributed by atoms with Crippen LogP contribution in [0.25, 0.3) is 16.9 Å². The molecule has 3 nitrogen and oxygen atoms in total. The Morgan fingerprint density at radius 1 is 1.10 bits per heavy atom. The molecule has 0 aliphatic rings. The molecule has 0 radical (unpaired) electrons. The lowest BCUT2D eigenvalue weighted by Gasteiger charge is -2.08. The maximum absolute atomic E-state index is 6.28. The molecule has 102 valence electrons. The van der Waals surface area contributed by atoms with Crippen molar-refractivity contribution in [1.82, 2.24) is 9.38 Å². The maximum Gasteiger partial charge on any atom is 0.153 e. The summed E-state index contributed by atoms with van der Waals surface area (Å²) in [6, 6.07) is 8.27. The highest BCUT2D eigenvalue weighted by molar-refractivity contribution is 9.10. The van der Waals surface area contributed by atoms with Crippen molar-refractivity contribution in [2.75, 3.05) is 5.73 Å². The number of imidazole rings is 1. The van der Waals surface area contributed by atoms with E-state index < -0.39 is 0 Å². The zero-order valence-corrected chi connectivity index (χ0v) is 13.3. The van der Waals surface area contributed by atoms with Crippen LogP contribution in [0.4, 0.5) is 5.82 Å². The van der Waals surface area contributed by atoms with Crippen LogP contribution in [0.1, 0.15) is 16.7 Å². The molecule has 0 aliphatic carbocycles. The van der Waals surface area contributed by atoms with E-state index in [1.807, 2.05) is 22.7 Å². The monoisotopic (exact) mass is 329 g/mol. The molecule has 0 bridgehead atoms. The maximum atomic E-state index is 6.28. The summed E-state index contributed by atoms with van der Waals surface area (Å²) in [7, 11) is 0. The summed E-state index contributed by atoms with van der Waals surface area (Å²) < 4.78 is 2.85. The topological polar surface area (TPSA) is 43.3 Å². The first-order valence-corrected chi connectivity index (χ1v) is 7.28. The van der Waals surface area contributed by atoms with Gasteiger partial charge in [-0.1, -0.05) is 6.07 Å². The van der Waals surface area contributed by atoms with E-state index in [9.17, 15) is 0 Å². The number of nitrogen functional groups attached to an aromatic ring is 1. The quantitative estimate of drug-likeness (QED) is 0.724. The van der Waals surface area contributed by atoms with Gasteiger partial charge in [0.2, 0.25) is 0 Å². The second-order valence-electron chi connectivity index (χ2n) is 5.15. The number of hydrogen-bond donors (Lipinski definition) is 1. The Labute approximate surface area is 126 Å². The van der Waals surface area contributed by atoms with E-state index in [0.717, 1.165) is 21.4 Å². The van der Waals surface area contributed by atoms with Gasteiger partial charge in [-0.3, -0.25) is 4.40 Å². The molecular formula is C16H16BrN3. The molecule has 0 amide bonds. The molecule has 2 N–H and O–H groups in total. The summed E-state index contributed by atoms with van der Waals surface area (Å²) in [5.74, 6) is 0.674. The SMILES string of the molecule is Cc1cc(C)c(-c2nc3c(Br)cccn3c2N)cc1C. The molecular weight excluding hydrogens is 314 g/mol. The van der Waals surface area contributed by atoms with Crippen molar-refractivity contribution in [3.05, 3.63) is 51.6 Å². The van der Waals surface area contributed by atoms with Crippen LogP contribution in [0, 0.1) is 20.8 Å². The highest BCUT2D eigenvalue weighted by atomic mass is 79.9. The number of pyridine rings is 1. The average Bonchev–Trinajstić information content (AvgIpc) is 2.73. The van der Waals surface area contributed by atoms with E-state index in [0.29, 0.717) is 5.82 Å². The molecule has 2 heterocycles. The minimum Gasteiger partial charge on any atom is -0.383 e. The van der Waals surface area contributed by atoms with Gasteiger partial charge in [-0.2, -0.15) is 0 Å². The minimum atomic E-state index is 0.674. The number of benzene rings is 1. The lowest BCUT2D eigenvalue weighted by atomic mass is 9.99. The van der Waals surface area contributed by atoms with Gasteiger partial charge < -0.3 is 5.73 Å². The smallest absolute Gasteiger partial charge is 0.153 e. The van der Waals surface area contributed by atoms with Crippen molar-refractivity contribution in [3.63, 3.8) is 0 Å². The predicted octanol–water partition coefficient (Wildman–Crippen LogP) is 4.27. The largest absolute Gasteiger partial charge is 0.383 e. The van der Waals surface area contributed by atoms with E-state index in [-0.39, 0.29) is 0 Å². The summed E-state index contributed by atoms with van der Waals surface area (Å²) in [6.07, 6.45) is 1.93. The molecule has 0 saturated carbocycles. The Kier molecular flexibility index (Phi) is 3.05. The molecule has 0 atom stereocenters. The number of anilines is 1. The van der Waals surface area contributed by atoms with E-state index in [1.54, 1.807) is 0 Å². The molecule has 1 aromatic carbocycles. The molecule has 20 heavy (non-hydrogen) atoms. The number of hydrogen-bond acceptors (Lipinski definition) is 2. The fourth-order valence-corrected chi connectivity index (χ4v) is 2.90. The second kappa shape index (κ2) is 4.63. The van der Waals surface area contributed by atoms with Gasteiger partial charge in [0.15, 0.2) is 5.65 Å². The lowest BCUT2D eigenvalue weighted by molar-refractivity contribution is 1.19. The van der Waals surface area contributed by atoms with Gasteiger partial charge in [0.05, 0.1) is 4.47 Å². The molecule has 4 heteroatoms. The molecule has 3 aromatic rings. The Bertz CT molecular complexity index is 818. The van der Waals surface area contributed by atoms with E-state index in [4.69, 9.17) is 10.7 Å². The van der Waals surface area contributed by atoms with Crippen LogP contribution in [-0.4, -0.2) is 9.38 Å². The molecule has 0 aliphatic heterocycles. The van der Waals surface area contributed by atoms with Crippen LogP contribution in [0.5, 0.6) is 0 Å². The number of rotatable bonds is 1. The molecule has 3 rings (SSSR count). The fraction of sp³-hybridized carbons (Fsp3) is 0.188. The number of aromatic nitrogens is 2. The molecule has 0 saturated heterocycles. The number of aryl methyl sites for hydroxylation is 3. The number of nitrogens with two attached hydrogens (primary N) is 1. The van der Waals surface area contributed by atoms with Crippen molar-refractivity contribution in [3.8, 4) is 11.3 Å². The first-order chi connectivity index (χ1) is 9.49. The van der Waals surface area contributed by atoms with E-state index in [1.165, 1.54) is 16.7 Å². The Morgan fingerprint density at radius 3 is 2.50 bits per heavy atom. The summed E-state index contributed by atoms with van der Waals surface area (Å²) in [5, 5.41) is 0. The minimum absolute atomic E-state index is 0.674. The highest BCUT2D eigenvalue weighted by Gasteiger charge is 2.15. The van der Waals surface area contributed by atoms with Crippen LogP contribution >= 0.6 is 15.9 Å².